The molecule has 0 aliphatic heterocycles. The fourth-order valence-electron chi connectivity index (χ4n) is 3.88. The third-order valence-corrected chi connectivity index (χ3v) is 5.19. The first kappa shape index (κ1) is 19.9. The first-order valence-corrected chi connectivity index (χ1v) is 9.64. The summed E-state index contributed by atoms with van der Waals surface area (Å²) in [5.41, 5.74) is 1.60. The van der Waals surface area contributed by atoms with E-state index < -0.39 is 18.4 Å². The largest absolute Gasteiger partial charge is 0.406 e. The number of hydrogen-bond acceptors (Lipinski definition) is 5. The van der Waals surface area contributed by atoms with Gasteiger partial charge < -0.3 is 0 Å². The zero-order chi connectivity index (χ0) is 22.3. The number of rotatable bonds is 4. The number of fused-ring (bicyclic) bond motifs is 2. The highest BCUT2D eigenvalue weighted by Gasteiger charge is 2.31. The summed E-state index contributed by atoms with van der Waals surface area (Å²) < 4.78 is 41.4. The maximum absolute atomic E-state index is 13.1. The van der Waals surface area contributed by atoms with Gasteiger partial charge in [-0.15, -0.1) is 0 Å². The highest BCUT2D eigenvalue weighted by Crippen LogP contribution is 2.31. The van der Waals surface area contributed by atoms with Crippen molar-refractivity contribution < 1.29 is 13.2 Å². The van der Waals surface area contributed by atoms with Gasteiger partial charge in [0.05, 0.1) is 29.5 Å². The summed E-state index contributed by atoms with van der Waals surface area (Å²) in [7, 11) is 0. The number of halogens is 3. The predicted molar refractivity (Wildman–Crippen MR) is 112 cm³/mol. The van der Waals surface area contributed by atoms with Gasteiger partial charge >= 0.3 is 11.9 Å². The van der Waals surface area contributed by atoms with E-state index in [1.807, 2.05) is 24.3 Å². The van der Waals surface area contributed by atoms with E-state index in [4.69, 9.17) is 0 Å². The molecule has 32 heavy (non-hydrogen) atoms. The first-order chi connectivity index (χ1) is 15.4. The van der Waals surface area contributed by atoms with E-state index in [-0.39, 0.29) is 12.1 Å². The van der Waals surface area contributed by atoms with Crippen LogP contribution in [0.3, 0.4) is 0 Å². The Kier molecular flexibility index (Phi) is 4.69. The molecule has 4 heterocycles. The minimum Gasteiger partial charge on any atom is -0.284 e. The average molecular weight is 436 g/mol. The topological polar surface area (TPSA) is 78.5 Å². The van der Waals surface area contributed by atoms with Gasteiger partial charge in [-0.3, -0.25) is 19.1 Å². The molecule has 0 aliphatic rings. The van der Waals surface area contributed by atoms with Gasteiger partial charge in [-0.2, -0.15) is 13.2 Å². The SMILES string of the molecule is O=c1n(Cc2ncc3ccccc3c2-c2cncnc2)c2cnccc2n1CC(F)(F)F. The smallest absolute Gasteiger partial charge is 0.284 e. The Morgan fingerprint density at radius 3 is 2.44 bits per heavy atom. The summed E-state index contributed by atoms with van der Waals surface area (Å²) in [5, 5.41) is 1.75. The first-order valence-electron chi connectivity index (χ1n) is 9.64. The summed E-state index contributed by atoms with van der Waals surface area (Å²) in [5.74, 6) is 0. The molecule has 5 rings (SSSR count). The molecule has 0 spiro atoms. The van der Waals surface area contributed by atoms with Crippen LogP contribution in [0, 0.1) is 0 Å². The molecule has 0 atom stereocenters. The maximum atomic E-state index is 13.1. The standard InChI is InChI=1S/C22H15F3N6O/c23-22(24,25)12-31-18-5-6-26-10-19(18)30(21(31)32)11-17-20(15-7-27-13-28-8-15)16-4-2-1-3-14(16)9-29-17/h1-10,13H,11-12H2. The number of nitrogens with zero attached hydrogens (tertiary/aromatic N) is 6. The Balaban J connectivity index is 1.73. The average Bonchev–Trinajstić information content (AvgIpc) is 3.04. The van der Waals surface area contributed by atoms with Gasteiger partial charge in [0.25, 0.3) is 0 Å². The van der Waals surface area contributed by atoms with Crippen LogP contribution in [0.5, 0.6) is 0 Å². The van der Waals surface area contributed by atoms with Crippen molar-refractivity contribution in [3.05, 3.63) is 83.8 Å². The molecule has 160 valence electrons. The van der Waals surface area contributed by atoms with Crippen LogP contribution in [-0.2, 0) is 13.1 Å². The summed E-state index contributed by atoms with van der Waals surface area (Å²) in [6, 6.07) is 8.99. The molecule has 0 fully saturated rings. The molecule has 0 unspecified atom stereocenters. The molecule has 4 aromatic heterocycles. The third-order valence-electron chi connectivity index (χ3n) is 5.19. The second-order valence-corrected chi connectivity index (χ2v) is 7.23. The Hall–Kier alpha value is -4.08. The van der Waals surface area contributed by atoms with Crippen LogP contribution in [0.1, 0.15) is 5.69 Å². The minimum absolute atomic E-state index is 0.0407. The van der Waals surface area contributed by atoms with Crippen LogP contribution < -0.4 is 5.69 Å². The van der Waals surface area contributed by atoms with Crippen LogP contribution in [-0.4, -0.2) is 35.2 Å². The van der Waals surface area contributed by atoms with E-state index in [0.717, 1.165) is 16.3 Å². The second kappa shape index (κ2) is 7.56. The number of imidazole rings is 1. The molecule has 0 bridgehead atoms. The predicted octanol–water partition coefficient (Wildman–Crippen LogP) is 3.81. The van der Waals surface area contributed by atoms with E-state index in [0.29, 0.717) is 21.3 Å². The van der Waals surface area contributed by atoms with Gasteiger partial charge in [0, 0.05) is 41.3 Å². The maximum Gasteiger partial charge on any atom is 0.406 e. The number of aromatic nitrogens is 6. The number of pyridine rings is 2. The number of benzene rings is 1. The fourth-order valence-corrected chi connectivity index (χ4v) is 3.88. The van der Waals surface area contributed by atoms with Crippen LogP contribution in [0.25, 0.3) is 32.9 Å². The normalized spacial score (nSPS) is 12.0. The monoisotopic (exact) mass is 436 g/mol. The van der Waals surface area contributed by atoms with Crippen molar-refractivity contribution in [1.29, 1.82) is 0 Å². The molecule has 7 nitrogen and oxygen atoms in total. The van der Waals surface area contributed by atoms with E-state index in [1.54, 1.807) is 18.6 Å². The molecule has 0 saturated carbocycles. The van der Waals surface area contributed by atoms with E-state index in [1.165, 1.54) is 29.4 Å². The Morgan fingerprint density at radius 2 is 1.66 bits per heavy atom. The van der Waals surface area contributed by atoms with Gasteiger partial charge in [-0.25, -0.2) is 14.8 Å². The van der Waals surface area contributed by atoms with Crippen molar-refractivity contribution in [3.63, 3.8) is 0 Å². The molecule has 5 aromatic rings. The van der Waals surface area contributed by atoms with Crippen molar-refractivity contribution in [3.8, 4) is 11.1 Å². The number of alkyl halides is 3. The summed E-state index contributed by atoms with van der Waals surface area (Å²) in [6.07, 6.45) is 4.56. The van der Waals surface area contributed by atoms with Crippen LogP contribution in [0.2, 0.25) is 0 Å². The molecule has 0 amide bonds. The molecule has 0 radical (unpaired) electrons. The number of hydrogen-bond donors (Lipinski definition) is 0. The second-order valence-electron chi connectivity index (χ2n) is 7.23. The van der Waals surface area contributed by atoms with Crippen molar-refractivity contribution in [2.24, 2.45) is 0 Å². The Labute approximate surface area is 178 Å². The van der Waals surface area contributed by atoms with Crippen molar-refractivity contribution >= 4 is 21.8 Å². The van der Waals surface area contributed by atoms with Gasteiger partial charge in [-0.1, -0.05) is 24.3 Å². The van der Waals surface area contributed by atoms with Crippen LogP contribution >= 0.6 is 0 Å². The quantitative estimate of drug-likeness (QED) is 0.428. The van der Waals surface area contributed by atoms with E-state index in [2.05, 4.69) is 19.9 Å². The minimum atomic E-state index is -4.54. The summed E-state index contributed by atoms with van der Waals surface area (Å²) >= 11 is 0. The van der Waals surface area contributed by atoms with Gasteiger partial charge in [-0.05, 0) is 11.5 Å². The lowest BCUT2D eigenvalue weighted by Gasteiger charge is -2.13. The molecular weight excluding hydrogens is 421 g/mol. The lowest BCUT2D eigenvalue weighted by atomic mass is 9.99. The zero-order valence-corrected chi connectivity index (χ0v) is 16.5. The van der Waals surface area contributed by atoms with Gasteiger partial charge in [0.15, 0.2) is 0 Å². The molecule has 10 heteroatoms. The summed E-state index contributed by atoms with van der Waals surface area (Å²) in [6.45, 7) is -1.43. The van der Waals surface area contributed by atoms with Crippen molar-refractivity contribution in [2.45, 2.75) is 19.3 Å². The van der Waals surface area contributed by atoms with Crippen LogP contribution in [0.15, 0.2) is 72.4 Å². The van der Waals surface area contributed by atoms with Crippen molar-refractivity contribution in [2.75, 3.05) is 0 Å². The zero-order valence-electron chi connectivity index (χ0n) is 16.5. The highest BCUT2D eigenvalue weighted by atomic mass is 19.4. The van der Waals surface area contributed by atoms with Crippen molar-refractivity contribution in [1.82, 2.24) is 29.1 Å². The lowest BCUT2D eigenvalue weighted by Crippen LogP contribution is -2.30. The van der Waals surface area contributed by atoms with Crippen LogP contribution in [0.4, 0.5) is 13.2 Å². The molecule has 0 saturated heterocycles. The van der Waals surface area contributed by atoms with E-state index >= 15 is 0 Å². The van der Waals surface area contributed by atoms with Gasteiger partial charge in [0.2, 0.25) is 0 Å². The molecule has 0 N–H and O–H groups in total. The molecule has 1 aromatic carbocycles. The van der Waals surface area contributed by atoms with E-state index in [9.17, 15) is 18.0 Å². The van der Waals surface area contributed by atoms with Gasteiger partial charge in [0.1, 0.15) is 12.9 Å². The molecule has 0 aliphatic carbocycles. The Morgan fingerprint density at radius 1 is 0.875 bits per heavy atom. The summed E-state index contributed by atoms with van der Waals surface area (Å²) in [4.78, 5) is 29.7. The fraction of sp³-hybridized carbons (Fsp3) is 0.136. The molecular formula is C22H15F3N6O. The Bertz CT molecular complexity index is 1490. The lowest BCUT2D eigenvalue weighted by molar-refractivity contribution is -0.140. The third kappa shape index (κ3) is 3.49. The highest BCUT2D eigenvalue weighted by molar-refractivity contribution is 5.97.